The van der Waals surface area contributed by atoms with Gasteiger partial charge in [0.1, 0.15) is 0 Å². The molecule has 0 bridgehead atoms. The van der Waals surface area contributed by atoms with E-state index in [0.29, 0.717) is 13.0 Å². The largest absolute Gasteiger partial charge is 0.481 e. The molecule has 0 aliphatic heterocycles. The van der Waals surface area contributed by atoms with Crippen molar-refractivity contribution in [3.8, 4) is 0 Å². The Morgan fingerprint density at radius 3 is 2.83 bits per heavy atom. The first-order valence-electron chi connectivity index (χ1n) is 5.77. The molecule has 1 aromatic rings. The first-order chi connectivity index (χ1) is 8.50. The van der Waals surface area contributed by atoms with Gasteiger partial charge in [-0.1, -0.05) is 6.07 Å². The zero-order valence-electron chi connectivity index (χ0n) is 10.5. The number of nitrogens with one attached hydrogen (secondary N) is 1. The number of aliphatic carboxylic acids is 1. The zero-order valence-corrected chi connectivity index (χ0v) is 11.4. The summed E-state index contributed by atoms with van der Waals surface area (Å²) in [4.78, 5) is 24.8. The number of carbonyl (C=O) groups excluding carboxylic acids is 1. The van der Waals surface area contributed by atoms with Crippen LogP contribution in [-0.4, -0.2) is 35.6 Å². The number of amides is 2. The van der Waals surface area contributed by atoms with Gasteiger partial charge in [-0.25, -0.2) is 4.79 Å². The fourth-order valence-corrected chi connectivity index (χ4v) is 2.21. The molecular weight excluding hydrogens is 252 g/mol. The molecule has 1 heterocycles. The third-order valence-corrected chi connectivity index (χ3v) is 3.60. The summed E-state index contributed by atoms with van der Waals surface area (Å²) < 4.78 is 0. The van der Waals surface area contributed by atoms with Crippen LogP contribution in [0.2, 0.25) is 0 Å². The molecule has 18 heavy (non-hydrogen) atoms. The van der Waals surface area contributed by atoms with Crippen LogP contribution in [-0.2, 0) is 4.79 Å². The SMILES string of the molecule is CC(NC(=O)N(C)CCCC(=O)O)c1cccs1. The van der Waals surface area contributed by atoms with Crippen LogP contribution in [0.5, 0.6) is 0 Å². The highest BCUT2D eigenvalue weighted by Crippen LogP contribution is 2.18. The Bertz CT molecular complexity index is 392. The molecule has 5 nitrogen and oxygen atoms in total. The summed E-state index contributed by atoms with van der Waals surface area (Å²) in [5.74, 6) is -0.837. The van der Waals surface area contributed by atoms with Crippen molar-refractivity contribution >= 4 is 23.3 Å². The van der Waals surface area contributed by atoms with Gasteiger partial charge in [0.05, 0.1) is 6.04 Å². The highest BCUT2D eigenvalue weighted by atomic mass is 32.1. The van der Waals surface area contributed by atoms with E-state index in [2.05, 4.69) is 5.32 Å². The average Bonchev–Trinajstić information content (AvgIpc) is 2.81. The van der Waals surface area contributed by atoms with E-state index in [1.807, 2.05) is 24.4 Å². The number of hydrogen-bond donors (Lipinski definition) is 2. The van der Waals surface area contributed by atoms with Crippen molar-refractivity contribution in [2.75, 3.05) is 13.6 Å². The minimum absolute atomic E-state index is 0.0283. The second-order valence-electron chi connectivity index (χ2n) is 4.11. The fraction of sp³-hybridized carbons (Fsp3) is 0.500. The number of hydrogen-bond acceptors (Lipinski definition) is 3. The van der Waals surface area contributed by atoms with Crippen LogP contribution in [0.15, 0.2) is 17.5 Å². The predicted octanol–water partition coefficient (Wildman–Crippen LogP) is 2.32. The summed E-state index contributed by atoms with van der Waals surface area (Å²) in [6.45, 7) is 2.37. The number of rotatable bonds is 6. The van der Waals surface area contributed by atoms with Gasteiger partial charge in [0.2, 0.25) is 0 Å². The van der Waals surface area contributed by atoms with Crippen LogP contribution < -0.4 is 5.32 Å². The second kappa shape index (κ2) is 7.00. The number of urea groups is 1. The number of carboxylic acid groups (broad SMARTS) is 1. The second-order valence-corrected chi connectivity index (χ2v) is 5.08. The Labute approximate surface area is 110 Å². The molecule has 0 aliphatic carbocycles. The Morgan fingerprint density at radius 1 is 1.56 bits per heavy atom. The molecule has 0 saturated carbocycles. The molecule has 0 radical (unpaired) electrons. The standard InChI is InChI=1S/C12H18N2O3S/c1-9(10-5-4-8-18-10)13-12(17)14(2)7-3-6-11(15)16/h4-5,8-9H,3,6-7H2,1-2H3,(H,13,17)(H,15,16). The van der Waals surface area contributed by atoms with Crippen molar-refractivity contribution in [2.45, 2.75) is 25.8 Å². The molecule has 6 heteroatoms. The lowest BCUT2D eigenvalue weighted by atomic mass is 10.3. The molecule has 1 rings (SSSR count). The monoisotopic (exact) mass is 270 g/mol. The lowest BCUT2D eigenvalue weighted by Crippen LogP contribution is -2.39. The molecule has 2 amide bonds. The summed E-state index contributed by atoms with van der Waals surface area (Å²) >= 11 is 1.60. The highest BCUT2D eigenvalue weighted by Gasteiger charge is 2.13. The first kappa shape index (κ1) is 14.5. The van der Waals surface area contributed by atoms with Crippen LogP contribution in [0.3, 0.4) is 0 Å². The van der Waals surface area contributed by atoms with Gasteiger partial charge in [0, 0.05) is 24.9 Å². The molecule has 1 unspecified atom stereocenters. The van der Waals surface area contributed by atoms with E-state index in [1.165, 1.54) is 4.90 Å². The summed E-state index contributed by atoms with van der Waals surface area (Å²) in [5, 5.41) is 13.4. The number of carboxylic acids is 1. The highest BCUT2D eigenvalue weighted by molar-refractivity contribution is 7.10. The van der Waals surface area contributed by atoms with Crippen molar-refractivity contribution in [3.05, 3.63) is 22.4 Å². The summed E-state index contributed by atoms with van der Waals surface area (Å²) in [6, 6.07) is 3.71. The van der Waals surface area contributed by atoms with Gasteiger partial charge in [0.15, 0.2) is 0 Å². The van der Waals surface area contributed by atoms with Gasteiger partial charge in [0.25, 0.3) is 0 Å². The summed E-state index contributed by atoms with van der Waals surface area (Å²) in [7, 11) is 1.67. The van der Waals surface area contributed by atoms with E-state index < -0.39 is 5.97 Å². The van der Waals surface area contributed by atoms with Gasteiger partial charge in [-0.05, 0) is 24.8 Å². The van der Waals surface area contributed by atoms with Crippen LogP contribution in [0.1, 0.15) is 30.7 Å². The maximum atomic E-state index is 11.8. The third kappa shape index (κ3) is 4.75. The first-order valence-corrected chi connectivity index (χ1v) is 6.65. The molecule has 1 atom stereocenters. The molecule has 0 fully saturated rings. The Hall–Kier alpha value is -1.56. The smallest absolute Gasteiger partial charge is 0.317 e. The molecule has 0 aromatic carbocycles. The molecule has 1 aromatic heterocycles. The molecule has 0 aliphatic rings. The Balaban J connectivity index is 2.33. The minimum atomic E-state index is -0.837. The van der Waals surface area contributed by atoms with Crippen molar-refractivity contribution in [2.24, 2.45) is 0 Å². The zero-order chi connectivity index (χ0) is 13.5. The Kier molecular flexibility index (Phi) is 5.64. The topological polar surface area (TPSA) is 69.6 Å². The van der Waals surface area contributed by atoms with Crippen LogP contribution in [0, 0.1) is 0 Å². The van der Waals surface area contributed by atoms with Crippen molar-refractivity contribution in [1.82, 2.24) is 10.2 Å². The van der Waals surface area contributed by atoms with E-state index in [-0.39, 0.29) is 18.5 Å². The average molecular weight is 270 g/mol. The van der Waals surface area contributed by atoms with Gasteiger partial charge in [-0.3, -0.25) is 4.79 Å². The van der Waals surface area contributed by atoms with E-state index >= 15 is 0 Å². The van der Waals surface area contributed by atoms with E-state index in [4.69, 9.17) is 5.11 Å². The van der Waals surface area contributed by atoms with Gasteiger partial charge < -0.3 is 15.3 Å². The van der Waals surface area contributed by atoms with Crippen LogP contribution >= 0.6 is 11.3 Å². The van der Waals surface area contributed by atoms with Gasteiger partial charge >= 0.3 is 12.0 Å². The number of nitrogens with zero attached hydrogens (tertiary/aromatic N) is 1. The summed E-state index contributed by atoms with van der Waals surface area (Å²) in [5.41, 5.74) is 0. The predicted molar refractivity (Wildman–Crippen MR) is 70.8 cm³/mol. The molecule has 100 valence electrons. The lowest BCUT2D eigenvalue weighted by Gasteiger charge is -2.20. The molecule has 0 saturated heterocycles. The maximum Gasteiger partial charge on any atom is 0.317 e. The maximum absolute atomic E-state index is 11.8. The van der Waals surface area contributed by atoms with Crippen molar-refractivity contribution in [1.29, 1.82) is 0 Å². The Morgan fingerprint density at radius 2 is 2.28 bits per heavy atom. The van der Waals surface area contributed by atoms with Crippen molar-refractivity contribution in [3.63, 3.8) is 0 Å². The normalized spacial score (nSPS) is 11.9. The van der Waals surface area contributed by atoms with Crippen LogP contribution in [0.4, 0.5) is 4.79 Å². The van der Waals surface area contributed by atoms with Gasteiger partial charge in [-0.2, -0.15) is 0 Å². The fourth-order valence-electron chi connectivity index (χ4n) is 1.47. The summed E-state index contributed by atoms with van der Waals surface area (Å²) in [6.07, 6.45) is 0.546. The lowest BCUT2D eigenvalue weighted by molar-refractivity contribution is -0.137. The van der Waals surface area contributed by atoms with Crippen LogP contribution in [0.25, 0.3) is 0 Å². The molecule has 0 spiro atoms. The van der Waals surface area contributed by atoms with E-state index in [0.717, 1.165) is 4.88 Å². The molecular formula is C12H18N2O3S. The quantitative estimate of drug-likeness (QED) is 0.833. The van der Waals surface area contributed by atoms with Crippen molar-refractivity contribution < 1.29 is 14.7 Å². The molecule has 2 N–H and O–H groups in total. The number of carbonyl (C=O) groups is 2. The van der Waals surface area contributed by atoms with E-state index in [1.54, 1.807) is 18.4 Å². The van der Waals surface area contributed by atoms with Gasteiger partial charge in [-0.15, -0.1) is 11.3 Å². The van der Waals surface area contributed by atoms with E-state index in [9.17, 15) is 9.59 Å². The number of thiophene rings is 1. The third-order valence-electron chi connectivity index (χ3n) is 2.54. The minimum Gasteiger partial charge on any atom is -0.481 e.